The van der Waals surface area contributed by atoms with Crippen LogP contribution in [-0.4, -0.2) is 47.4 Å². The number of nitrogens with zero attached hydrogens (tertiary/aromatic N) is 4. The van der Waals surface area contributed by atoms with Crippen molar-refractivity contribution in [1.82, 2.24) is 19.9 Å². The van der Waals surface area contributed by atoms with Crippen LogP contribution >= 0.6 is 0 Å². The van der Waals surface area contributed by atoms with Gasteiger partial charge in [-0.1, -0.05) is 54.6 Å². The summed E-state index contributed by atoms with van der Waals surface area (Å²) in [6, 6.07) is 32.2. The highest BCUT2D eigenvalue weighted by molar-refractivity contribution is 5.98. The molecule has 2 atom stereocenters. The van der Waals surface area contributed by atoms with E-state index in [-0.39, 0.29) is 59.9 Å². The smallest absolute Gasteiger partial charge is 0.335 e. The number of nitrogens with two attached hydrogens (primary N) is 2. The number of rotatable bonds is 12. The zero-order chi connectivity index (χ0) is 39.6. The van der Waals surface area contributed by atoms with Crippen molar-refractivity contribution in [2.24, 2.45) is 17.4 Å². The van der Waals surface area contributed by atoms with Gasteiger partial charge in [0.25, 0.3) is 0 Å². The molecule has 0 saturated carbocycles. The average Bonchev–Trinajstić information content (AvgIpc) is 3.21. The monoisotopic (exact) mass is 756 g/mol. The van der Waals surface area contributed by atoms with Crippen molar-refractivity contribution in [1.29, 1.82) is 0 Å². The number of ketones is 1. The lowest BCUT2D eigenvalue weighted by molar-refractivity contribution is -0.120. The van der Waals surface area contributed by atoms with Crippen LogP contribution < -0.4 is 16.2 Å². The molecule has 2 unspecified atom stereocenters. The van der Waals surface area contributed by atoms with Crippen LogP contribution in [0.1, 0.15) is 55.7 Å². The molecule has 57 heavy (non-hydrogen) atoms. The summed E-state index contributed by atoms with van der Waals surface area (Å²) in [4.78, 5) is 45.7. The molecular weight excluding hydrogens is 717 g/mol. The molecule has 6 N–H and O–H groups in total. The summed E-state index contributed by atoms with van der Waals surface area (Å²) in [5.74, 6) is -3.00. The van der Waals surface area contributed by atoms with Crippen LogP contribution in [0, 0.1) is 5.92 Å². The second-order valence-corrected chi connectivity index (χ2v) is 14.7. The van der Waals surface area contributed by atoms with Crippen LogP contribution in [0.25, 0.3) is 0 Å². The molecule has 284 valence electrons. The molecule has 5 heterocycles. The molecule has 4 aromatic heterocycles. The number of carboxylic acids is 1. The number of benzene rings is 2. The molecule has 0 bridgehead atoms. The lowest BCUT2D eigenvalue weighted by Gasteiger charge is -2.43. The van der Waals surface area contributed by atoms with Crippen molar-refractivity contribution in [2.45, 2.75) is 42.7 Å². The first-order chi connectivity index (χ1) is 27.6. The van der Waals surface area contributed by atoms with E-state index in [4.69, 9.17) is 16.2 Å². The van der Waals surface area contributed by atoms with Gasteiger partial charge < -0.3 is 26.4 Å². The van der Waals surface area contributed by atoms with Crippen LogP contribution in [0.15, 0.2) is 157 Å². The zero-order valence-electron chi connectivity index (χ0n) is 30.9. The third-order valence-corrected chi connectivity index (χ3v) is 10.8. The Bertz CT molecular complexity index is 2410. The number of allylic oxidation sites excluding steroid dienone is 3. The second-order valence-electron chi connectivity index (χ2n) is 14.7. The number of phenolic OH excluding ortho intramolecular Hbond substituents is 1. The SMILES string of the molecule is NC(Cc1ccccn1)(Cc1ccccn1)c1c(O)ccc2c1OC1=C(C=CC(=O)C1C(N)(Cc1ccccn1)Cc1ccccn1)C2c1ccccc1C(=O)O. The fraction of sp³-hybridized carbons (Fsp3) is 0.174. The van der Waals surface area contributed by atoms with Gasteiger partial charge in [-0.15, -0.1) is 0 Å². The zero-order valence-corrected chi connectivity index (χ0v) is 30.9. The molecule has 0 spiro atoms. The first-order valence-electron chi connectivity index (χ1n) is 18.6. The molecule has 11 nitrogen and oxygen atoms in total. The van der Waals surface area contributed by atoms with Gasteiger partial charge in [0.1, 0.15) is 17.3 Å². The number of carboxylic acid groups (broad SMARTS) is 1. The Balaban J connectivity index is 1.38. The quantitative estimate of drug-likeness (QED) is 0.114. The molecule has 8 rings (SSSR count). The van der Waals surface area contributed by atoms with E-state index in [0.717, 1.165) is 0 Å². The van der Waals surface area contributed by atoms with Crippen molar-refractivity contribution in [3.8, 4) is 11.5 Å². The minimum absolute atomic E-state index is 0.0700. The number of fused-ring (bicyclic) bond motifs is 1. The molecule has 0 amide bonds. The fourth-order valence-corrected chi connectivity index (χ4v) is 8.35. The van der Waals surface area contributed by atoms with Crippen molar-refractivity contribution in [2.75, 3.05) is 0 Å². The summed E-state index contributed by atoms with van der Waals surface area (Å²) >= 11 is 0. The van der Waals surface area contributed by atoms with Gasteiger partial charge in [0.2, 0.25) is 0 Å². The second kappa shape index (κ2) is 15.4. The van der Waals surface area contributed by atoms with E-state index in [0.29, 0.717) is 39.5 Å². The summed E-state index contributed by atoms with van der Waals surface area (Å²) in [7, 11) is 0. The van der Waals surface area contributed by atoms with E-state index in [2.05, 4.69) is 19.9 Å². The number of carbonyl (C=O) groups is 2. The molecule has 2 aromatic carbocycles. The maximum atomic E-state index is 14.5. The lowest BCUT2D eigenvalue weighted by Crippen LogP contribution is -2.56. The predicted molar refractivity (Wildman–Crippen MR) is 213 cm³/mol. The molecule has 1 aliphatic carbocycles. The van der Waals surface area contributed by atoms with Gasteiger partial charge in [0.15, 0.2) is 5.78 Å². The fourth-order valence-electron chi connectivity index (χ4n) is 8.35. The normalized spacial score (nSPS) is 16.4. The Kier molecular flexibility index (Phi) is 10.0. The number of carbonyl (C=O) groups excluding carboxylic acids is 1. The average molecular weight is 757 g/mol. The molecular formula is C46H40N6O5. The highest BCUT2D eigenvalue weighted by Gasteiger charge is 2.50. The number of aromatic hydroxyl groups is 1. The van der Waals surface area contributed by atoms with E-state index in [1.54, 1.807) is 67.3 Å². The van der Waals surface area contributed by atoms with Gasteiger partial charge in [-0.25, -0.2) is 4.79 Å². The van der Waals surface area contributed by atoms with Crippen LogP contribution in [0.5, 0.6) is 11.5 Å². The number of pyridine rings is 4. The molecule has 0 fully saturated rings. The molecule has 1 aliphatic heterocycles. The van der Waals surface area contributed by atoms with Crippen molar-refractivity contribution in [3.63, 3.8) is 0 Å². The Morgan fingerprint density at radius 2 is 1.16 bits per heavy atom. The topological polar surface area (TPSA) is 187 Å². The van der Waals surface area contributed by atoms with E-state index in [1.165, 1.54) is 6.08 Å². The summed E-state index contributed by atoms with van der Waals surface area (Å²) in [6.07, 6.45) is 10.6. The van der Waals surface area contributed by atoms with Gasteiger partial charge in [-0.3, -0.25) is 24.7 Å². The van der Waals surface area contributed by atoms with Gasteiger partial charge in [0, 0.05) is 95.8 Å². The minimum Gasteiger partial charge on any atom is -0.507 e. The lowest BCUT2D eigenvalue weighted by atomic mass is 9.67. The van der Waals surface area contributed by atoms with Gasteiger partial charge in [-0.2, -0.15) is 0 Å². The van der Waals surface area contributed by atoms with E-state index in [1.807, 2.05) is 72.8 Å². The van der Waals surface area contributed by atoms with Crippen LogP contribution in [0.4, 0.5) is 0 Å². The number of aromatic nitrogens is 4. The van der Waals surface area contributed by atoms with Crippen LogP contribution in [0.2, 0.25) is 0 Å². The highest BCUT2D eigenvalue weighted by atomic mass is 16.5. The summed E-state index contributed by atoms with van der Waals surface area (Å²) in [5, 5.41) is 22.5. The van der Waals surface area contributed by atoms with E-state index >= 15 is 0 Å². The van der Waals surface area contributed by atoms with Gasteiger partial charge >= 0.3 is 5.97 Å². The molecule has 0 radical (unpaired) electrons. The first kappa shape index (κ1) is 37.1. The highest BCUT2D eigenvalue weighted by Crippen LogP contribution is 2.54. The van der Waals surface area contributed by atoms with Crippen molar-refractivity contribution in [3.05, 3.63) is 202 Å². The first-order valence-corrected chi connectivity index (χ1v) is 18.6. The summed E-state index contributed by atoms with van der Waals surface area (Å²) in [6.45, 7) is 0. The number of phenols is 1. The Morgan fingerprint density at radius 3 is 1.67 bits per heavy atom. The number of aromatic carboxylic acids is 1. The van der Waals surface area contributed by atoms with Gasteiger partial charge in [-0.05, 0) is 72.3 Å². The summed E-state index contributed by atoms with van der Waals surface area (Å²) in [5.41, 5.74) is 16.9. The number of hydrogen-bond acceptors (Lipinski definition) is 10. The maximum Gasteiger partial charge on any atom is 0.335 e. The third-order valence-electron chi connectivity index (χ3n) is 10.8. The molecule has 11 heteroatoms. The number of hydrogen-bond donors (Lipinski definition) is 4. The largest absolute Gasteiger partial charge is 0.507 e. The standard InChI is InChI=1S/C46H40N6O5/c47-45(25-29-11-3-7-21-49-29,26-30-12-4-8-22-50-30)40-37(53)19-17-35-39(33-15-1-2-16-34(33)44(55)56)36-18-20-38(54)41(43(36)57-42(35)40)46(48,27-31-13-5-9-23-51-31)28-32-14-6-10-24-52-32/h1-24,39-40,54H,25-28,47-48H2,(H,55,56). The number of ether oxygens (including phenoxy) is 1. The molecule has 6 aromatic rings. The molecule has 2 aliphatic rings. The Morgan fingerprint density at radius 1 is 0.649 bits per heavy atom. The van der Waals surface area contributed by atoms with E-state index in [9.17, 15) is 19.8 Å². The molecule has 0 saturated heterocycles. The van der Waals surface area contributed by atoms with Crippen LogP contribution in [0.3, 0.4) is 0 Å². The van der Waals surface area contributed by atoms with E-state index < -0.39 is 28.9 Å². The maximum absolute atomic E-state index is 14.5. The predicted octanol–water partition coefficient (Wildman–Crippen LogP) is 6.03. The third kappa shape index (κ3) is 7.33. The Hall–Kier alpha value is -6.82. The summed E-state index contributed by atoms with van der Waals surface area (Å²) < 4.78 is 7.08. The minimum atomic E-state index is -1.38. The van der Waals surface area contributed by atoms with Gasteiger partial charge in [0.05, 0.1) is 22.6 Å². The van der Waals surface area contributed by atoms with Crippen molar-refractivity contribution >= 4 is 11.8 Å². The van der Waals surface area contributed by atoms with Crippen molar-refractivity contribution < 1.29 is 24.5 Å². The Labute approximate surface area is 329 Å². The van der Waals surface area contributed by atoms with Crippen LogP contribution in [-0.2, 0) is 36.0 Å².